The monoisotopic (exact) mass is 277 g/mol. The Balaban J connectivity index is 2.05. The van der Waals surface area contributed by atoms with Crippen LogP contribution >= 0.6 is 0 Å². The highest BCUT2D eigenvalue weighted by Crippen LogP contribution is 2.25. The molecule has 0 saturated carbocycles. The summed E-state index contributed by atoms with van der Waals surface area (Å²) in [7, 11) is 1.38. The predicted octanol–water partition coefficient (Wildman–Crippen LogP) is 1.73. The molecule has 0 radical (unpaired) electrons. The molecule has 0 atom stereocenters. The molecule has 5 nitrogen and oxygen atoms in total. The van der Waals surface area contributed by atoms with Crippen molar-refractivity contribution < 1.29 is 19.4 Å². The highest BCUT2D eigenvalue weighted by molar-refractivity contribution is 5.97. The summed E-state index contributed by atoms with van der Waals surface area (Å²) in [5.74, 6) is -0.493. The summed E-state index contributed by atoms with van der Waals surface area (Å²) in [5, 5.41) is 9.96. The van der Waals surface area contributed by atoms with Crippen molar-refractivity contribution in [1.82, 2.24) is 4.90 Å². The molecule has 1 fully saturated rings. The Morgan fingerprint density at radius 3 is 2.55 bits per heavy atom. The zero-order chi connectivity index (χ0) is 14.7. The fraction of sp³-hybridized carbons (Fsp3) is 0.467. The molecule has 0 bridgehead atoms. The maximum Gasteiger partial charge on any atom is 0.308 e. The van der Waals surface area contributed by atoms with Gasteiger partial charge in [-0.3, -0.25) is 9.59 Å². The molecule has 108 valence electrons. The Labute approximate surface area is 118 Å². The van der Waals surface area contributed by atoms with Crippen molar-refractivity contribution in [3.05, 3.63) is 29.3 Å². The topological polar surface area (TPSA) is 66.8 Å². The third kappa shape index (κ3) is 2.76. The van der Waals surface area contributed by atoms with Crippen molar-refractivity contribution >= 4 is 11.9 Å². The molecule has 1 N–H and O–H groups in total. The zero-order valence-corrected chi connectivity index (χ0v) is 11.8. The van der Waals surface area contributed by atoms with Gasteiger partial charge in [0.05, 0.1) is 18.6 Å². The third-order valence-electron chi connectivity index (χ3n) is 3.78. The zero-order valence-electron chi connectivity index (χ0n) is 11.8. The molecule has 0 unspecified atom stereocenters. The van der Waals surface area contributed by atoms with Gasteiger partial charge in [-0.15, -0.1) is 0 Å². The van der Waals surface area contributed by atoms with E-state index in [4.69, 9.17) is 4.74 Å². The normalized spacial score (nSPS) is 16.0. The number of likely N-dealkylation sites (tertiary alicyclic amines) is 1. The maximum absolute atomic E-state index is 12.4. The third-order valence-corrected chi connectivity index (χ3v) is 3.78. The van der Waals surface area contributed by atoms with E-state index in [-0.39, 0.29) is 23.5 Å². The molecule has 1 heterocycles. The molecule has 1 aliphatic heterocycles. The Morgan fingerprint density at radius 1 is 1.30 bits per heavy atom. The van der Waals surface area contributed by atoms with Gasteiger partial charge < -0.3 is 14.7 Å². The number of hydrogen-bond acceptors (Lipinski definition) is 4. The summed E-state index contributed by atoms with van der Waals surface area (Å²) in [6.45, 7) is 2.77. The number of amides is 1. The van der Waals surface area contributed by atoms with Crippen molar-refractivity contribution in [3.63, 3.8) is 0 Å². The van der Waals surface area contributed by atoms with Gasteiger partial charge in [-0.1, -0.05) is 12.1 Å². The van der Waals surface area contributed by atoms with E-state index in [2.05, 4.69) is 0 Å². The lowest BCUT2D eigenvalue weighted by atomic mass is 9.96. The first-order chi connectivity index (χ1) is 9.54. The van der Waals surface area contributed by atoms with E-state index in [1.54, 1.807) is 30.0 Å². The second-order valence-electron chi connectivity index (χ2n) is 5.06. The number of rotatable bonds is 2. The van der Waals surface area contributed by atoms with E-state index in [9.17, 15) is 14.7 Å². The van der Waals surface area contributed by atoms with Gasteiger partial charge >= 0.3 is 5.97 Å². The first kappa shape index (κ1) is 14.4. The molecular formula is C15H19NO4. The lowest BCUT2D eigenvalue weighted by molar-refractivity contribution is -0.146. The molecular weight excluding hydrogens is 258 g/mol. The summed E-state index contributed by atoms with van der Waals surface area (Å²) in [4.78, 5) is 25.5. The summed E-state index contributed by atoms with van der Waals surface area (Å²) in [6, 6.07) is 5.14. The standard InChI is InChI=1S/C15H19NO4/c1-10-4-3-5-12(13(10)17)14(18)16-8-6-11(7-9-16)15(19)20-2/h3-5,11,17H,6-9H2,1-2H3. The Morgan fingerprint density at radius 2 is 1.95 bits per heavy atom. The van der Waals surface area contributed by atoms with E-state index in [0.717, 1.165) is 0 Å². The van der Waals surface area contributed by atoms with Gasteiger partial charge in [0.15, 0.2) is 0 Å². The summed E-state index contributed by atoms with van der Waals surface area (Å²) >= 11 is 0. The van der Waals surface area contributed by atoms with Crippen LogP contribution in [0.25, 0.3) is 0 Å². The number of piperidine rings is 1. The predicted molar refractivity (Wildman–Crippen MR) is 73.5 cm³/mol. The van der Waals surface area contributed by atoms with Crippen LogP contribution in [0.5, 0.6) is 5.75 Å². The number of carbonyl (C=O) groups is 2. The van der Waals surface area contributed by atoms with Crippen LogP contribution in [0, 0.1) is 12.8 Å². The van der Waals surface area contributed by atoms with E-state index >= 15 is 0 Å². The quantitative estimate of drug-likeness (QED) is 0.836. The number of benzene rings is 1. The van der Waals surface area contributed by atoms with Crippen LogP contribution in [0.4, 0.5) is 0 Å². The molecule has 0 spiro atoms. The molecule has 1 amide bonds. The minimum Gasteiger partial charge on any atom is -0.507 e. The largest absolute Gasteiger partial charge is 0.507 e. The van der Waals surface area contributed by atoms with Gasteiger partial charge in [0, 0.05) is 13.1 Å². The number of nitrogens with zero attached hydrogens (tertiary/aromatic N) is 1. The molecule has 5 heteroatoms. The highest BCUT2D eigenvalue weighted by Gasteiger charge is 2.29. The number of ether oxygens (including phenoxy) is 1. The van der Waals surface area contributed by atoms with Crippen molar-refractivity contribution in [3.8, 4) is 5.75 Å². The second kappa shape index (κ2) is 5.94. The number of methoxy groups -OCH3 is 1. The first-order valence-electron chi connectivity index (χ1n) is 6.70. The van der Waals surface area contributed by atoms with Crippen LogP contribution in [0.2, 0.25) is 0 Å². The Bertz CT molecular complexity index is 519. The van der Waals surface area contributed by atoms with Crippen LogP contribution in [0.3, 0.4) is 0 Å². The smallest absolute Gasteiger partial charge is 0.308 e. The van der Waals surface area contributed by atoms with Crippen molar-refractivity contribution in [2.45, 2.75) is 19.8 Å². The number of aromatic hydroxyl groups is 1. The van der Waals surface area contributed by atoms with Gasteiger partial charge in [0.1, 0.15) is 5.75 Å². The maximum atomic E-state index is 12.4. The molecule has 1 aliphatic rings. The minimum atomic E-state index is -0.212. The number of hydrogen-bond donors (Lipinski definition) is 1. The summed E-state index contributed by atoms with van der Waals surface area (Å²) < 4.78 is 4.72. The fourth-order valence-electron chi connectivity index (χ4n) is 2.49. The van der Waals surface area contributed by atoms with Gasteiger partial charge in [-0.25, -0.2) is 0 Å². The lowest BCUT2D eigenvalue weighted by Crippen LogP contribution is -2.40. The second-order valence-corrected chi connectivity index (χ2v) is 5.06. The van der Waals surface area contributed by atoms with Gasteiger partial charge in [-0.2, -0.15) is 0 Å². The molecule has 1 aromatic carbocycles. The van der Waals surface area contributed by atoms with Gasteiger partial charge in [0.2, 0.25) is 0 Å². The van der Waals surface area contributed by atoms with Crippen molar-refractivity contribution in [1.29, 1.82) is 0 Å². The lowest BCUT2D eigenvalue weighted by Gasteiger charge is -2.31. The average molecular weight is 277 g/mol. The number of esters is 1. The average Bonchev–Trinajstić information content (AvgIpc) is 2.48. The van der Waals surface area contributed by atoms with Crippen LogP contribution in [-0.2, 0) is 9.53 Å². The summed E-state index contributed by atoms with van der Waals surface area (Å²) in [5.41, 5.74) is 1.00. The number of para-hydroxylation sites is 1. The van der Waals surface area contributed by atoms with Gasteiger partial charge in [-0.05, 0) is 31.4 Å². The van der Waals surface area contributed by atoms with Crippen LogP contribution in [-0.4, -0.2) is 42.1 Å². The SMILES string of the molecule is COC(=O)C1CCN(C(=O)c2cccc(C)c2O)CC1. The Kier molecular flexibility index (Phi) is 4.27. The number of phenolic OH excluding ortho intramolecular Hbond substituents is 1. The summed E-state index contributed by atoms with van der Waals surface area (Å²) in [6.07, 6.45) is 1.20. The number of carbonyl (C=O) groups excluding carboxylic acids is 2. The van der Waals surface area contributed by atoms with Crippen molar-refractivity contribution in [2.24, 2.45) is 5.92 Å². The van der Waals surface area contributed by atoms with Crippen LogP contribution in [0.1, 0.15) is 28.8 Å². The van der Waals surface area contributed by atoms with E-state index < -0.39 is 0 Å². The molecule has 1 aromatic rings. The van der Waals surface area contributed by atoms with Crippen LogP contribution in [0.15, 0.2) is 18.2 Å². The fourth-order valence-corrected chi connectivity index (χ4v) is 2.49. The number of phenols is 1. The van der Waals surface area contributed by atoms with Gasteiger partial charge in [0.25, 0.3) is 5.91 Å². The number of aryl methyl sites for hydroxylation is 1. The first-order valence-corrected chi connectivity index (χ1v) is 6.70. The Hall–Kier alpha value is -2.04. The van der Waals surface area contributed by atoms with E-state index in [0.29, 0.717) is 37.1 Å². The molecule has 20 heavy (non-hydrogen) atoms. The van der Waals surface area contributed by atoms with Crippen LogP contribution < -0.4 is 0 Å². The van der Waals surface area contributed by atoms with Crippen molar-refractivity contribution in [2.75, 3.05) is 20.2 Å². The minimum absolute atomic E-state index is 0.0348. The molecule has 1 saturated heterocycles. The van der Waals surface area contributed by atoms with E-state index in [1.165, 1.54) is 7.11 Å². The molecule has 0 aromatic heterocycles. The molecule has 0 aliphatic carbocycles. The molecule has 2 rings (SSSR count). The highest BCUT2D eigenvalue weighted by atomic mass is 16.5. The van der Waals surface area contributed by atoms with E-state index in [1.807, 2.05) is 0 Å².